The van der Waals surface area contributed by atoms with Crippen molar-refractivity contribution >= 4 is 53.3 Å². The molecule has 366 valence electrons. The third kappa shape index (κ3) is 14.3. The average Bonchev–Trinajstić information content (AvgIpc) is 4.13. The van der Waals surface area contributed by atoms with Crippen LogP contribution in [0.15, 0.2) is 67.1 Å². The lowest BCUT2D eigenvalue weighted by Crippen LogP contribution is -2.60. The van der Waals surface area contributed by atoms with Gasteiger partial charge in [0.15, 0.2) is 0 Å². The maximum absolute atomic E-state index is 14.4. The number of carboxylic acid groups (broad SMARTS) is 2. The lowest BCUT2D eigenvalue weighted by Gasteiger charge is -2.31. The number of nitrogens with zero attached hydrogens (tertiary/aromatic N) is 3. The van der Waals surface area contributed by atoms with Gasteiger partial charge in [0.2, 0.25) is 41.4 Å². The summed E-state index contributed by atoms with van der Waals surface area (Å²) in [6.45, 7) is 3.18. The highest BCUT2D eigenvalue weighted by Crippen LogP contribution is 2.22. The van der Waals surface area contributed by atoms with E-state index in [2.05, 4.69) is 36.6 Å². The smallest absolute Gasteiger partial charge is 0.326 e. The van der Waals surface area contributed by atoms with Crippen LogP contribution in [-0.2, 0) is 62.4 Å². The summed E-state index contributed by atoms with van der Waals surface area (Å²) in [6, 6.07) is 6.03. The fourth-order valence-electron chi connectivity index (χ4n) is 8.25. The Morgan fingerprint density at radius 1 is 0.750 bits per heavy atom. The number of phenols is 1. The highest BCUT2D eigenvalue weighted by Gasteiger charge is 2.41. The number of aromatic amines is 1. The minimum absolute atomic E-state index is 0.0110. The topological polar surface area (TPSA) is 336 Å². The molecule has 22 heteroatoms. The lowest BCUT2D eigenvalue weighted by atomic mass is 9.96. The van der Waals surface area contributed by atoms with Crippen molar-refractivity contribution in [1.29, 1.82) is 0 Å². The number of phenolic OH excluding ortho intramolecular Hbond substituents is 1. The van der Waals surface area contributed by atoms with Gasteiger partial charge in [-0.05, 0) is 54.9 Å². The Balaban J connectivity index is 1.30. The zero-order valence-corrected chi connectivity index (χ0v) is 37.9. The van der Waals surface area contributed by atoms with Crippen LogP contribution in [0.25, 0.3) is 0 Å². The van der Waals surface area contributed by atoms with Crippen LogP contribution in [0, 0.1) is 5.92 Å². The van der Waals surface area contributed by atoms with Crippen molar-refractivity contribution in [2.24, 2.45) is 11.7 Å². The number of hydrogen-bond donors (Lipinski definition) is 10. The maximum Gasteiger partial charge on any atom is 0.326 e. The molecular weight excluding hydrogens is 885 g/mol. The monoisotopic (exact) mass is 944 g/mol. The Kier molecular flexibility index (Phi) is 18.5. The van der Waals surface area contributed by atoms with Gasteiger partial charge in [0.05, 0.1) is 25.3 Å². The summed E-state index contributed by atoms with van der Waals surface area (Å²) >= 11 is 0. The number of imidazole rings is 1. The Bertz CT molecular complexity index is 2260. The summed E-state index contributed by atoms with van der Waals surface area (Å²) in [4.78, 5) is 129. The van der Waals surface area contributed by atoms with Crippen molar-refractivity contribution < 1.29 is 58.5 Å². The van der Waals surface area contributed by atoms with E-state index < -0.39 is 114 Å². The number of likely N-dealkylation sites (tertiary alicyclic amines) is 2. The van der Waals surface area contributed by atoms with Gasteiger partial charge in [-0.15, -0.1) is 0 Å². The van der Waals surface area contributed by atoms with E-state index in [1.165, 1.54) is 46.6 Å². The molecule has 8 atom stereocenters. The lowest BCUT2D eigenvalue weighted by molar-refractivity contribution is -0.145. The number of carbonyl (C=O) groups is 9. The molecule has 7 amide bonds. The van der Waals surface area contributed by atoms with Crippen LogP contribution >= 0.6 is 0 Å². The fourth-order valence-corrected chi connectivity index (χ4v) is 8.25. The highest BCUT2D eigenvalue weighted by molar-refractivity contribution is 5.97. The van der Waals surface area contributed by atoms with E-state index in [0.29, 0.717) is 36.1 Å². The number of carbonyl (C=O) groups excluding carboxylic acids is 7. The Morgan fingerprint density at radius 2 is 1.37 bits per heavy atom. The second-order valence-electron chi connectivity index (χ2n) is 17.1. The Morgan fingerprint density at radius 3 is 1.97 bits per heavy atom. The molecule has 2 fully saturated rings. The standard InChI is InChI=1S/C46H60N10O12/c1-3-26(2)39(43(64)52-33(21-29-23-48-25-50-29)45(66)56-18-8-12-36(56)42(63)53-34(46(67)68)20-27-9-5-4-6-10-27)54-40(61)32(19-28-13-15-30(57)16-14-28)51-37(58)24-49-41(62)35-11-7-17-55(35)44(65)31(47)22-38(59)60/h4-6,9-10,13-16,23,25-26,31-36,39,57H,3,7-8,11-12,17-22,24,47H2,1-2H3,(H,48,50)(H,49,62)(H,51,58)(H,52,64)(H,53,63)(H,54,61)(H,59,60)(H,67,68)/t26-,31-,32-,33-,34-,35-,36-,39-/m0/s1. The summed E-state index contributed by atoms with van der Waals surface area (Å²) in [5, 5.41) is 42.1. The number of hydrogen-bond acceptors (Lipinski definition) is 12. The number of rotatable bonds is 23. The normalized spacial score (nSPS) is 18.2. The number of nitrogens with two attached hydrogens (primary N) is 1. The molecule has 0 unspecified atom stereocenters. The van der Waals surface area contributed by atoms with Gasteiger partial charge in [-0.3, -0.25) is 38.4 Å². The summed E-state index contributed by atoms with van der Waals surface area (Å²) in [5.74, 6) is -8.15. The molecule has 2 aromatic carbocycles. The van der Waals surface area contributed by atoms with Crippen molar-refractivity contribution in [3.8, 4) is 5.75 Å². The summed E-state index contributed by atoms with van der Waals surface area (Å²) in [7, 11) is 0. The molecule has 0 spiro atoms. The minimum Gasteiger partial charge on any atom is -0.508 e. The summed E-state index contributed by atoms with van der Waals surface area (Å²) in [5.41, 5.74) is 7.44. The largest absolute Gasteiger partial charge is 0.508 e. The molecule has 1 aromatic heterocycles. The molecule has 3 heterocycles. The number of amides is 7. The van der Waals surface area contributed by atoms with E-state index in [1.807, 2.05) is 0 Å². The molecule has 3 aromatic rings. The number of benzene rings is 2. The molecule has 22 nitrogen and oxygen atoms in total. The molecule has 2 saturated heterocycles. The van der Waals surface area contributed by atoms with Crippen LogP contribution in [0.1, 0.15) is 69.2 Å². The SMILES string of the molecule is CC[C@H](C)[C@H](NC(=O)[C@H](Cc1ccc(O)cc1)NC(=O)CNC(=O)[C@@H]1CCCN1C(=O)[C@@H](N)CC(=O)O)C(=O)N[C@@H](Cc1cnc[nH]1)C(=O)N1CCC[C@H]1C(=O)N[C@@H](Cc1ccccc1)C(=O)O. The van der Waals surface area contributed by atoms with Crippen LogP contribution in [-0.4, -0.2) is 150 Å². The summed E-state index contributed by atoms with van der Waals surface area (Å²) < 4.78 is 0. The molecule has 11 N–H and O–H groups in total. The molecule has 2 aliphatic rings. The van der Waals surface area contributed by atoms with Gasteiger partial charge in [-0.2, -0.15) is 0 Å². The van der Waals surface area contributed by atoms with E-state index >= 15 is 0 Å². The van der Waals surface area contributed by atoms with Gasteiger partial charge in [0.25, 0.3) is 0 Å². The molecule has 0 saturated carbocycles. The van der Waals surface area contributed by atoms with Crippen molar-refractivity contribution in [1.82, 2.24) is 46.4 Å². The molecule has 68 heavy (non-hydrogen) atoms. The third-order valence-corrected chi connectivity index (χ3v) is 12.1. The van der Waals surface area contributed by atoms with Crippen molar-refractivity contribution in [3.05, 3.63) is 83.9 Å². The number of aromatic hydroxyl groups is 1. The number of nitrogens with one attached hydrogen (secondary N) is 6. The van der Waals surface area contributed by atoms with E-state index in [0.717, 1.165) is 0 Å². The second-order valence-corrected chi connectivity index (χ2v) is 17.1. The van der Waals surface area contributed by atoms with E-state index in [-0.39, 0.29) is 50.9 Å². The molecule has 0 radical (unpaired) electrons. The van der Waals surface area contributed by atoms with Gasteiger partial charge in [0.1, 0.15) is 42.0 Å². The molecule has 5 rings (SSSR count). The predicted molar refractivity (Wildman–Crippen MR) is 242 cm³/mol. The Labute approximate surface area is 392 Å². The first-order chi connectivity index (χ1) is 32.4. The van der Waals surface area contributed by atoms with Crippen LogP contribution in [0.2, 0.25) is 0 Å². The average molecular weight is 945 g/mol. The van der Waals surface area contributed by atoms with Gasteiger partial charge >= 0.3 is 11.9 Å². The van der Waals surface area contributed by atoms with Gasteiger partial charge in [-0.25, -0.2) is 9.78 Å². The van der Waals surface area contributed by atoms with E-state index in [1.54, 1.807) is 44.2 Å². The van der Waals surface area contributed by atoms with Crippen LogP contribution in [0.3, 0.4) is 0 Å². The van der Waals surface area contributed by atoms with E-state index in [4.69, 9.17) is 10.8 Å². The number of aliphatic carboxylic acids is 2. The van der Waals surface area contributed by atoms with Crippen LogP contribution < -0.4 is 32.3 Å². The van der Waals surface area contributed by atoms with Crippen molar-refractivity contribution in [2.75, 3.05) is 19.6 Å². The highest BCUT2D eigenvalue weighted by atomic mass is 16.4. The van der Waals surface area contributed by atoms with Gasteiger partial charge in [0, 0.05) is 44.2 Å². The van der Waals surface area contributed by atoms with Gasteiger partial charge < -0.3 is 62.4 Å². The van der Waals surface area contributed by atoms with E-state index in [9.17, 15) is 53.4 Å². The van der Waals surface area contributed by atoms with Crippen LogP contribution in [0.5, 0.6) is 5.75 Å². The number of carboxylic acids is 2. The third-order valence-electron chi connectivity index (χ3n) is 12.1. The quantitative estimate of drug-likeness (QED) is 0.0552. The second kappa shape index (κ2) is 24.4. The zero-order chi connectivity index (χ0) is 49.5. The zero-order valence-electron chi connectivity index (χ0n) is 37.9. The first-order valence-corrected chi connectivity index (χ1v) is 22.5. The minimum atomic E-state index is -1.37. The van der Waals surface area contributed by atoms with Gasteiger partial charge in [-0.1, -0.05) is 62.7 Å². The molecular formula is C46H60N10O12. The van der Waals surface area contributed by atoms with Crippen molar-refractivity contribution in [3.63, 3.8) is 0 Å². The number of aromatic nitrogens is 2. The van der Waals surface area contributed by atoms with Crippen LogP contribution in [0.4, 0.5) is 0 Å². The van der Waals surface area contributed by atoms with Crippen molar-refractivity contribution in [2.45, 2.75) is 114 Å². The molecule has 0 aliphatic carbocycles. The predicted octanol–water partition coefficient (Wildman–Crippen LogP) is -0.887. The molecule has 2 aliphatic heterocycles. The fraction of sp³-hybridized carbons (Fsp3) is 0.478. The Hall–Kier alpha value is -7.36. The summed E-state index contributed by atoms with van der Waals surface area (Å²) in [6.07, 6.45) is 3.76. The first kappa shape index (κ1) is 51.6. The first-order valence-electron chi connectivity index (χ1n) is 22.5. The number of H-pyrrole nitrogens is 1. The molecule has 0 bridgehead atoms. The maximum atomic E-state index is 14.4.